The van der Waals surface area contributed by atoms with Gasteiger partial charge in [0.15, 0.2) is 0 Å². The van der Waals surface area contributed by atoms with Crippen LogP contribution in [0, 0.1) is 17.3 Å². The van der Waals surface area contributed by atoms with Crippen molar-refractivity contribution in [3.8, 4) is 0 Å². The molecule has 2 amide bonds. The summed E-state index contributed by atoms with van der Waals surface area (Å²) in [5.74, 6) is -0.476. The van der Waals surface area contributed by atoms with Gasteiger partial charge in [-0.15, -0.1) is 0 Å². The number of nitrogen functional groups attached to an aromatic ring is 1. The van der Waals surface area contributed by atoms with Gasteiger partial charge in [-0.25, -0.2) is 0 Å². The number of anilines is 1. The maximum absolute atomic E-state index is 11.9. The fraction of sp³-hybridized carbons (Fsp3) is 0.364. The van der Waals surface area contributed by atoms with Gasteiger partial charge < -0.3 is 25.8 Å². The number of non-ortho nitro benzene ring substituents is 1. The molecule has 2 aromatic carbocycles. The fourth-order valence-electron chi connectivity index (χ4n) is 2.75. The second-order valence-corrected chi connectivity index (χ2v) is 9.88. The van der Waals surface area contributed by atoms with Crippen molar-refractivity contribution in [1.82, 2.24) is 10.6 Å². The maximum Gasteiger partial charge on any atom is 0.271 e. The molecule has 0 aliphatic rings. The van der Waals surface area contributed by atoms with E-state index >= 15 is 0 Å². The average Bonchev–Trinajstić information content (AvgIpc) is 2.73. The molecule has 0 radical (unpaired) electrons. The van der Waals surface area contributed by atoms with E-state index in [0.717, 1.165) is 3.57 Å². The largest absolute Gasteiger partial charge is 0.399 e. The van der Waals surface area contributed by atoms with E-state index in [1.54, 1.807) is 39.3 Å². The number of carbonyl (C=O) groups is 2. The van der Waals surface area contributed by atoms with Crippen LogP contribution in [0.2, 0.25) is 0 Å². The number of methoxy groups -OCH3 is 2. The molecule has 0 bridgehead atoms. The lowest BCUT2D eigenvalue weighted by molar-refractivity contribution is -0.385. The number of hydrogen-bond acceptors (Lipinski definition) is 7. The Morgan fingerprint density at radius 1 is 0.912 bits per heavy atom. The van der Waals surface area contributed by atoms with Crippen LogP contribution >= 0.6 is 45.2 Å². The first-order valence-corrected chi connectivity index (χ1v) is 12.2. The standard InChI is InChI=1S/C11H13IN2O4.C11H15IN2O2/c1-7(6-18-2)13-11(15)8-3-9(12)5-10(4-8)14(16)17;1-7(6-16-2)14-11(15)8-3-9(12)5-10(13)4-8/h3-5,7H,6H2,1-2H3,(H,13,15);3-5,7H,6,13H2,1-2H3,(H,14,15). The topological polar surface area (TPSA) is 146 Å². The smallest absolute Gasteiger partial charge is 0.271 e. The van der Waals surface area contributed by atoms with Gasteiger partial charge in [0.1, 0.15) is 0 Å². The van der Waals surface area contributed by atoms with Crippen molar-refractivity contribution in [3.63, 3.8) is 0 Å². The van der Waals surface area contributed by atoms with E-state index in [9.17, 15) is 19.7 Å². The van der Waals surface area contributed by atoms with Crippen molar-refractivity contribution < 1.29 is 24.0 Å². The summed E-state index contributed by atoms with van der Waals surface area (Å²) in [5, 5.41) is 16.2. The van der Waals surface area contributed by atoms with Crippen LogP contribution in [-0.2, 0) is 9.47 Å². The van der Waals surface area contributed by atoms with Crippen molar-refractivity contribution in [2.45, 2.75) is 25.9 Å². The molecule has 0 fully saturated rings. The molecule has 0 aliphatic heterocycles. The summed E-state index contributed by atoms with van der Waals surface area (Å²) >= 11 is 4.07. The Hall–Kier alpha value is -2.04. The summed E-state index contributed by atoms with van der Waals surface area (Å²) in [6.07, 6.45) is 0. The first kappa shape index (κ1) is 30.0. The molecule has 0 aliphatic carbocycles. The molecule has 0 saturated heterocycles. The summed E-state index contributed by atoms with van der Waals surface area (Å²) in [6, 6.07) is 9.38. The highest BCUT2D eigenvalue weighted by Crippen LogP contribution is 2.19. The molecule has 186 valence electrons. The number of nitrogens with one attached hydrogen (secondary N) is 2. The summed E-state index contributed by atoms with van der Waals surface area (Å²) in [4.78, 5) is 33.9. The molecule has 2 aromatic rings. The molecular formula is C22H28I2N4O6. The average molecular weight is 698 g/mol. The Morgan fingerprint density at radius 3 is 1.76 bits per heavy atom. The Labute approximate surface area is 225 Å². The van der Waals surface area contributed by atoms with E-state index in [-0.39, 0.29) is 35.1 Å². The molecule has 0 saturated carbocycles. The SMILES string of the molecule is COCC(C)NC(=O)c1cc(I)cc([N+](=O)[O-])c1.COCC(C)NC(=O)c1cc(N)cc(I)c1. The van der Waals surface area contributed by atoms with Crippen LogP contribution in [-0.4, -0.2) is 56.3 Å². The summed E-state index contributed by atoms with van der Waals surface area (Å²) in [7, 11) is 3.14. The third-order valence-electron chi connectivity index (χ3n) is 4.13. The highest BCUT2D eigenvalue weighted by molar-refractivity contribution is 14.1. The van der Waals surface area contributed by atoms with Crippen molar-refractivity contribution in [2.24, 2.45) is 0 Å². The van der Waals surface area contributed by atoms with Crippen molar-refractivity contribution in [1.29, 1.82) is 0 Å². The van der Waals surface area contributed by atoms with E-state index in [2.05, 4.69) is 33.2 Å². The second-order valence-electron chi connectivity index (χ2n) is 7.39. The van der Waals surface area contributed by atoms with E-state index < -0.39 is 4.92 Å². The monoisotopic (exact) mass is 698 g/mol. The van der Waals surface area contributed by atoms with Crippen LogP contribution in [0.15, 0.2) is 36.4 Å². The van der Waals surface area contributed by atoms with Crippen molar-refractivity contribution >= 4 is 68.4 Å². The highest BCUT2D eigenvalue weighted by Gasteiger charge is 2.15. The minimum absolute atomic E-state index is 0.0170. The van der Waals surface area contributed by atoms with E-state index in [1.165, 1.54) is 12.1 Å². The first-order chi connectivity index (χ1) is 16.0. The first-order valence-electron chi connectivity index (χ1n) is 10.1. The molecule has 2 atom stereocenters. The number of nitro groups is 1. The van der Waals surface area contributed by atoms with E-state index in [0.29, 0.717) is 28.0 Å². The summed E-state index contributed by atoms with van der Waals surface area (Å²) < 4.78 is 11.4. The lowest BCUT2D eigenvalue weighted by Gasteiger charge is -2.13. The lowest BCUT2D eigenvalue weighted by atomic mass is 10.2. The Kier molecular flexibility index (Phi) is 13.3. The van der Waals surface area contributed by atoms with Crippen molar-refractivity contribution in [2.75, 3.05) is 33.2 Å². The predicted octanol–water partition coefficient (Wildman–Crippen LogP) is 3.60. The number of benzene rings is 2. The van der Waals surface area contributed by atoms with Crippen LogP contribution in [0.4, 0.5) is 11.4 Å². The fourth-order valence-corrected chi connectivity index (χ4v) is 4.10. The van der Waals surface area contributed by atoms with Gasteiger partial charge in [0.05, 0.1) is 18.1 Å². The Morgan fingerprint density at radius 2 is 1.35 bits per heavy atom. The minimum Gasteiger partial charge on any atom is -0.399 e. The zero-order valence-electron chi connectivity index (χ0n) is 19.3. The minimum atomic E-state index is -0.516. The third kappa shape index (κ3) is 10.9. The quantitative estimate of drug-likeness (QED) is 0.157. The van der Waals surface area contributed by atoms with Gasteiger partial charge in [-0.2, -0.15) is 0 Å². The van der Waals surface area contributed by atoms with Crippen LogP contribution in [0.1, 0.15) is 34.6 Å². The molecule has 0 heterocycles. The van der Waals surface area contributed by atoms with Gasteiger partial charge >= 0.3 is 0 Å². The Balaban J connectivity index is 0.000000342. The number of amides is 2. The van der Waals surface area contributed by atoms with Crippen LogP contribution < -0.4 is 16.4 Å². The number of nitrogens with zero attached hydrogens (tertiary/aromatic N) is 1. The normalized spacial score (nSPS) is 12.1. The third-order valence-corrected chi connectivity index (χ3v) is 5.37. The highest BCUT2D eigenvalue weighted by atomic mass is 127. The molecule has 12 heteroatoms. The number of nitrogens with two attached hydrogens (primary N) is 1. The molecule has 2 unspecified atom stereocenters. The zero-order valence-corrected chi connectivity index (χ0v) is 23.6. The van der Waals surface area contributed by atoms with Gasteiger partial charge in [0, 0.05) is 62.4 Å². The number of nitro benzene ring substituents is 1. The van der Waals surface area contributed by atoms with E-state index in [1.807, 2.05) is 35.6 Å². The number of ether oxygens (including phenoxy) is 2. The molecule has 2 rings (SSSR count). The molecular weight excluding hydrogens is 670 g/mol. The molecule has 10 nitrogen and oxygen atoms in total. The summed E-state index contributed by atoms with van der Waals surface area (Å²) in [6.45, 7) is 4.56. The van der Waals surface area contributed by atoms with Crippen LogP contribution in [0.5, 0.6) is 0 Å². The van der Waals surface area contributed by atoms with E-state index in [4.69, 9.17) is 15.2 Å². The molecule has 34 heavy (non-hydrogen) atoms. The Bertz CT molecular complexity index is 985. The molecule has 4 N–H and O–H groups in total. The maximum atomic E-state index is 11.9. The van der Waals surface area contributed by atoms with Gasteiger partial charge in [-0.1, -0.05) is 0 Å². The van der Waals surface area contributed by atoms with Gasteiger partial charge in [-0.3, -0.25) is 19.7 Å². The van der Waals surface area contributed by atoms with Crippen LogP contribution in [0.25, 0.3) is 0 Å². The van der Waals surface area contributed by atoms with Gasteiger partial charge in [0.25, 0.3) is 17.5 Å². The predicted molar refractivity (Wildman–Crippen MR) is 147 cm³/mol. The number of rotatable bonds is 9. The lowest BCUT2D eigenvalue weighted by Crippen LogP contribution is -2.35. The number of halogens is 2. The number of carbonyl (C=O) groups excluding carboxylic acids is 2. The van der Waals surface area contributed by atoms with Gasteiger partial charge in [-0.05, 0) is 83.3 Å². The zero-order chi connectivity index (χ0) is 25.8. The van der Waals surface area contributed by atoms with Crippen molar-refractivity contribution in [3.05, 3.63) is 64.8 Å². The van der Waals surface area contributed by atoms with Gasteiger partial charge in [0.2, 0.25) is 0 Å². The number of hydrogen-bond donors (Lipinski definition) is 3. The molecule has 0 spiro atoms. The van der Waals surface area contributed by atoms with Crippen LogP contribution in [0.3, 0.4) is 0 Å². The summed E-state index contributed by atoms with van der Waals surface area (Å²) in [5.41, 5.74) is 7.03. The second kappa shape index (κ2) is 15.1. The molecule has 0 aromatic heterocycles.